The Morgan fingerprint density at radius 3 is 1.45 bits per heavy atom. The number of carboxylic acid groups (broad SMARTS) is 5. The Labute approximate surface area is 278 Å². The van der Waals surface area contributed by atoms with E-state index in [4.69, 9.17) is 0 Å². The van der Waals surface area contributed by atoms with Gasteiger partial charge in [-0.1, -0.05) is 12.1 Å². The van der Waals surface area contributed by atoms with Crippen molar-refractivity contribution in [3.05, 3.63) is 29.8 Å². The van der Waals surface area contributed by atoms with Gasteiger partial charge in [0.25, 0.3) is 0 Å². The second-order valence-electron chi connectivity index (χ2n) is 11.4. The Kier molecular flexibility index (Phi) is 17.7. The van der Waals surface area contributed by atoms with Gasteiger partial charge in [-0.25, -0.2) is 0 Å². The minimum atomic E-state index is -1.18. The molecule has 1 fully saturated rings. The third-order valence-electron chi connectivity index (χ3n) is 7.78. The van der Waals surface area contributed by atoms with Crippen molar-refractivity contribution in [3.63, 3.8) is 0 Å². The van der Waals surface area contributed by atoms with E-state index in [1.807, 2.05) is 17.0 Å². The number of benzene rings is 1. The average Bonchev–Trinajstić information content (AvgIpc) is 2.97. The van der Waals surface area contributed by atoms with Gasteiger partial charge >= 0.3 is 29.8 Å². The summed E-state index contributed by atoms with van der Waals surface area (Å²) in [6, 6.07) is 6.90. The lowest BCUT2D eigenvalue weighted by Crippen LogP contribution is -2.52. The standard InChI is InChI=1S/C30H44N6O10S/c37-26(38)17-33-10-8-32(9-11-34(18-27(39)40)13-15-35(14-12-33)19-28(41)42)16-25(36(20-29(43)44)21-30(45)46)3-1-2-23-4-6-24(7-5-23)31-22-47/h4-7,25H,1-3,8-21H2,(H,37,38)(H,39,40)(H,41,42)(H,43,44)(H,45,46). The van der Waals surface area contributed by atoms with Crippen LogP contribution < -0.4 is 0 Å². The van der Waals surface area contributed by atoms with Crippen LogP contribution in [0.1, 0.15) is 18.4 Å². The number of aliphatic imine (C=N–C) groups is 1. The molecule has 0 bridgehead atoms. The lowest BCUT2D eigenvalue weighted by atomic mass is 10.0. The topological polar surface area (TPSA) is 215 Å². The summed E-state index contributed by atoms with van der Waals surface area (Å²) in [7, 11) is 0. The predicted octanol–water partition coefficient (Wildman–Crippen LogP) is 0.0588. The summed E-state index contributed by atoms with van der Waals surface area (Å²) in [5, 5.41) is 49.9. The van der Waals surface area contributed by atoms with Gasteiger partial charge in [-0.3, -0.25) is 48.5 Å². The molecule has 2 rings (SSSR count). The Hall–Kier alpha value is -3.83. The molecule has 47 heavy (non-hydrogen) atoms. The van der Waals surface area contributed by atoms with E-state index >= 15 is 0 Å². The molecule has 1 aromatic carbocycles. The number of carbonyl (C=O) groups is 5. The highest BCUT2D eigenvalue weighted by atomic mass is 32.1. The normalized spacial score (nSPS) is 16.8. The second kappa shape index (κ2) is 21.1. The number of thiocarbonyl (C=S) groups is 1. The monoisotopic (exact) mass is 680 g/mol. The van der Waals surface area contributed by atoms with Gasteiger partial charge in [0.1, 0.15) is 0 Å². The fraction of sp³-hybridized carbons (Fsp3) is 0.600. The van der Waals surface area contributed by atoms with Crippen LogP contribution in [0.2, 0.25) is 0 Å². The number of rotatable bonds is 18. The molecule has 0 spiro atoms. The fourth-order valence-corrected chi connectivity index (χ4v) is 5.60. The van der Waals surface area contributed by atoms with Gasteiger partial charge in [-0.2, -0.15) is 4.99 Å². The molecule has 260 valence electrons. The highest BCUT2D eigenvalue weighted by Gasteiger charge is 2.27. The van der Waals surface area contributed by atoms with Crippen molar-refractivity contribution in [1.29, 1.82) is 0 Å². The quantitative estimate of drug-likeness (QED) is 0.102. The SMILES string of the molecule is O=C(O)CN1CCN(CC(=O)O)CCN(CC(CCCc2ccc(N=C=S)cc2)N(CC(=O)O)CC(=O)O)CCN(CC(=O)O)CC1. The molecule has 0 saturated carbocycles. The smallest absolute Gasteiger partial charge is 0.317 e. The Bertz CT molecular complexity index is 1200. The Morgan fingerprint density at radius 1 is 0.681 bits per heavy atom. The van der Waals surface area contributed by atoms with Crippen LogP contribution in [0.5, 0.6) is 0 Å². The summed E-state index contributed by atoms with van der Waals surface area (Å²) < 4.78 is 0. The lowest BCUT2D eigenvalue weighted by Gasteiger charge is -2.37. The maximum atomic E-state index is 11.8. The van der Waals surface area contributed by atoms with E-state index in [2.05, 4.69) is 22.4 Å². The number of aryl methyl sites for hydroxylation is 1. The molecular weight excluding hydrogens is 636 g/mol. The van der Waals surface area contributed by atoms with Crippen molar-refractivity contribution in [2.45, 2.75) is 25.3 Å². The van der Waals surface area contributed by atoms with Crippen LogP contribution in [0.4, 0.5) is 5.69 Å². The highest BCUT2D eigenvalue weighted by Crippen LogP contribution is 2.17. The van der Waals surface area contributed by atoms with Gasteiger partial charge in [0.2, 0.25) is 0 Å². The molecule has 0 radical (unpaired) electrons. The zero-order valence-corrected chi connectivity index (χ0v) is 27.1. The first-order valence-electron chi connectivity index (χ1n) is 15.2. The number of isothiocyanates is 1. The summed E-state index contributed by atoms with van der Waals surface area (Å²) in [4.78, 5) is 70.6. The third kappa shape index (κ3) is 17.1. The van der Waals surface area contributed by atoms with Crippen LogP contribution >= 0.6 is 12.2 Å². The first kappa shape index (κ1) is 39.3. The van der Waals surface area contributed by atoms with Gasteiger partial charge in [-0.15, -0.1) is 0 Å². The first-order chi connectivity index (χ1) is 22.3. The molecule has 1 heterocycles. The van der Waals surface area contributed by atoms with Crippen LogP contribution in [-0.4, -0.2) is 183 Å². The van der Waals surface area contributed by atoms with Gasteiger partial charge in [0.15, 0.2) is 0 Å². The van der Waals surface area contributed by atoms with Crippen LogP contribution in [-0.2, 0) is 30.4 Å². The van der Waals surface area contributed by atoms with E-state index in [9.17, 15) is 49.5 Å². The molecule has 0 amide bonds. The molecule has 1 aliphatic heterocycles. The van der Waals surface area contributed by atoms with Crippen molar-refractivity contribution in [2.24, 2.45) is 4.99 Å². The fourth-order valence-electron chi connectivity index (χ4n) is 5.49. The summed E-state index contributed by atoms with van der Waals surface area (Å²) in [6.45, 7) is 0.710. The van der Waals surface area contributed by atoms with Crippen LogP contribution in [0, 0.1) is 0 Å². The molecule has 5 N–H and O–H groups in total. The van der Waals surface area contributed by atoms with E-state index in [-0.39, 0.29) is 65.4 Å². The van der Waals surface area contributed by atoms with Crippen molar-refractivity contribution < 1.29 is 49.5 Å². The largest absolute Gasteiger partial charge is 0.480 e. The third-order valence-corrected chi connectivity index (χ3v) is 7.87. The zero-order valence-electron chi connectivity index (χ0n) is 26.3. The number of carboxylic acids is 5. The van der Waals surface area contributed by atoms with E-state index in [1.165, 1.54) is 4.90 Å². The molecule has 16 nitrogen and oxygen atoms in total. The number of nitrogens with zero attached hydrogens (tertiary/aromatic N) is 6. The molecular formula is C30H44N6O10S. The van der Waals surface area contributed by atoms with Crippen molar-refractivity contribution in [2.75, 3.05) is 91.6 Å². The van der Waals surface area contributed by atoms with E-state index < -0.39 is 49.0 Å². The Balaban J connectivity index is 2.32. The molecule has 0 aliphatic carbocycles. The highest BCUT2D eigenvalue weighted by molar-refractivity contribution is 7.78. The van der Waals surface area contributed by atoms with Crippen LogP contribution in [0.3, 0.4) is 0 Å². The number of aliphatic carboxylic acids is 5. The average molecular weight is 681 g/mol. The number of hydrogen-bond donors (Lipinski definition) is 5. The summed E-state index contributed by atoms with van der Waals surface area (Å²) in [5.41, 5.74) is 1.67. The molecule has 0 aromatic heterocycles. The minimum absolute atomic E-state index is 0.257. The first-order valence-corrected chi connectivity index (χ1v) is 15.6. The summed E-state index contributed by atoms with van der Waals surface area (Å²) in [5.74, 6) is -5.49. The lowest BCUT2D eigenvalue weighted by molar-refractivity contribution is -0.143. The number of hydrogen-bond acceptors (Lipinski definition) is 12. The van der Waals surface area contributed by atoms with E-state index in [0.717, 1.165) is 5.56 Å². The zero-order chi connectivity index (χ0) is 34.8. The van der Waals surface area contributed by atoms with Crippen molar-refractivity contribution >= 4 is 52.9 Å². The van der Waals surface area contributed by atoms with Crippen LogP contribution in [0.25, 0.3) is 0 Å². The van der Waals surface area contributed by atoms with Crippen molar-refractivity contribution in [3.8, 4) is 0 Å². The Morgan fingerprint density at radius 2 is 1.09 bits per heavy atom. The van der Waals surface area contributed by atoms with Gasteiger partial charge in [0.05, 0.1) is 43.6 Å². The molecule has 1 aliphatic rings. The van der Waals surface area contributed by atoms with Gasteiger partial charge in [0, 0.05) is 64.9 Å². The molecule has 1 unspecified atom stereocenters. The van der Waals surface area contributed by atoms with Gasteiger partial charge < -0.3 is 25.5 Å². The molecule has 1 aromatic rings. The molecule has 1 atom stereocenters. The van der Waals surface area contributed by atoms with Crippen LogP contribution in [0.15, 0.2) is 29.3 Å². The maximum absolute atomic E-state index is 11.8. The van der Waals surface area contributed by atoms with E-state index in [1.54, 1.807) is 26.8 Å². The van der Waals surface area contributed by atoms with E-state index in [0.29, 0.717) is 38.0 Å². The second-order valence-corrected chi connectivity index (χ2v) is 11.6. The molecule has 1 saturated heterocycles. The van der Waals surface area contributed by atoms with Crippen molar-refractivity contribution in [1.82, 2.24) is 24.5 Å². The maximum Gasteiger partial charge on any atom is 0.317 e. The molecule has 17 heteroatoms. The summed E-state index contributed by atoms with van der Waals surface area (Å²) >= 11 is 4.64. The predicted molar refractivity (Wildman–Crippen MR) is 173 cm³/mol. The minimum Gasteiger partial charge on any atom is -0.480 e. The summed E-state index contributed by atoms with van der Waals surface area (Å²) in [6.07, 6.45) is 1.70. The van der Waals surface area contributed by atoms with Gasteiger partial charge in [-0.05, 0) is 49.2 Å².